The molecular weight excluding hydrogens is 222 g/mol. The normalized spacial score (nSPS) is 18.9. The molecule has 16 heavy (non-hydrogen) atoms. The van der Waals surface area contributed by atoms with E-state index >= 15 is 0 Å². The van der Waals surface area contributed by atoms with Gasteiger partial charge in [-0.25, -0.2) is 0 Å². The lowest BCUT2D eigenvalue weighted by atomic mass is 9.88. The van der Waals surface area contributed by atoms with Crippen LogP contribution in [0.4, 0.5) is 0 Å². The van der Waals surface area contributed by atoms with Crippen molar-refractivity contribution < 1.29 is 0 Å². The number of nitrogens with zero attached hydrogens (tertiary/aromatic N) is 1. The minimum atomic E-state index is -0.592. The Bertz CT molecular complexity index is 438. The highest BCUT2D eigenvalue weighted by atomic mass is 35.5. The Morgan fingerprint density at radius 3 is 2.88 bits per heavy atom. The number of nitrogens with one attached hydrogen (secondary N) is 1. The van der Waals surface area contributed by atoms with Crippen molar-refractivity contribution in [2.75, 3.05) is 13.1 Å². The molecule has 3 N–H and O–H groups in total. The summed E-state index contributed by atoms with van der Waals surface area (Å²) in [6.45, 7) is 5.60. The minimum absolute atomic E-state index is 0.592. The molecule has 2 rings (SSSR count). The zero-order valence-electron chi connectivity index (χ0n) is 9.55. The van der Waals surface area contributed by atoms with E-state index in [2.05, 4.69) is 10.3 Å². The highest BCUT2D eigenvalue weighted by Gasteiger charge is 2.31. The second kappa shape index (κ2) is 4.07. The van der Waals surface area contributed by atoms with Gasteiger partial charge in [0.05, 0.1) is 12.1 Å². The average Bonchev–Trinajstić information content (AvgIpc) is 2.75. The van der Waals surface area contributed by atoms with Crippen molar-refractivity contribution in [1.29, 1.82) is 0 Å². The van der Waals surface area contributed by atoms with E-state index in [9.17, 15) is 0 Å². The van der Waals surface area contributed by atoms with Crippen LogP contribution in [0.15, 0.2) is 23.2 Å². The van der Waals surface area contributed by atoms with E-state index in [1.54, 1.807) is 0 Å². The Morgan fingerprint density at radius 2 is 2.25 bits per heavy atom. The topological polar surface area (TPSA) is 50.4 Å². The van der Waals surface area contributed by atoms with Crippen LogP contribution in [0.1, 0.15) is 18.1 Å². The SMILES string of the molecule is Cc1c(Cl)cccc1C(C)(N)C1=NCCN1. The summed E-state index contributed by atoms with van der Waals surface area (Å²) in [7, 11) is 0. The van der Waals surface area contributed by atoms with E-state index in [1.165, 1.54) is 0 Å². The van der Waals surface area contributed by atoms with Crippen LogP contribution in [0.2, 0.25) is 5.02 Å². The molecule has 0 radical (unpaired) electrons. The molecule has 1 aliphatic heterocycles. The highest BCUT2D eigenvalue weighted by molar-refractivity contribution is 6.31. The van der Waals surface area contributed by atoms with Crippen molar-refractivity contribution >= 4 is 17.4 Å². The third-order valence-corrected chi connectivity index (χ3v) is 3.40. The van der Waals surface area contributed by atoms with E-state index in [1.807, 2.05) is 32.0 Å². The maximum absolute atomic E-state index is 6.36. The van der Waals surface area contributed by atoms with Gasteiger partial charge in [0.2, 0.25) is 0 Å². The number of hydrogen-bond donors (Lipinski definition) is 2. The molecular formula is C12H16ClN3. The first-order valence-electron chi connectivity index (χ1n) is 5.37. The summed E-state index contributed by atoms with van der Waals surface area (Å²) in [4.78, 5) is 4.39. The Balaban J connectivity index is 2.46. The van der Waals surface area contributed by atoms with Gasteiger partial charge in [0.1, 0.15) is 5.84 Å². The fourth-order valence-corrected chi connectivity index (χ4v) is 2.22. The molecule has 0 spiro atoms. The Kier molecular flexibility index (Phi) is 2.91. The number of halogens is 1. The maximum atomic E-state index is 6.36. The Morgan fingerprint density at radius 1 is 1.50 bits per heavy atom. The Labute approximate surface area is 101 Å². The second-order valence-electron chi connectivity index (χ2n) is 4.27. The third kappa shape index (κ3) is 1.81. The van der Waals surface area contributed by atoms with Crippen LogP contribution in [-0.4, -0.2) is 18.9 Å². The summed E-state index contributed by atoms with van der Waals surface area (Å²) in [5.74, 6) is 0.845. The summed E-state index contributed by atoms with van der Waals surface area (Å²) in [6.07, 6.45) is 0. The van der Waals surface area contributed by atoms with Crippen molar-refractivity contribution in [3.8, 4) is 0 Å². The number of rotatable bonds is 2. The van der Waals surface area contributed by atoms with Gasteiger partial charge in [-0.1, -0.05) is 23.7 Å². The molecule has 0 saturated heterocycles. The molecule has 1 unspecified atom stereocenters. The monoisotopic (exact) mass is 237 g/mol. The number of benzene rings is 1. The standard InChI is InChI=1S/C12H16ClN3/c1-8-9(4-3-5-10(8)13)12(2,14)11-15-6-7-16-11/h3-5H,6-7,14H2,1-2H3,(H,15,16). The lowest BCUT2D eigenvalue weighted by molar-refractivity contribution is 0.651. The summed E-state index contributed by atoms with van der Waals surface area (Å²) in [5, 5.41) is 3.97. The largest absolute Gasteiger partial charge is 0.370 e. The average molecular weight is 238 g/mol. The van der Waals surface area contributed by atoms with Gasteiger partial charge in [-0.05, 0) is 31.0 Å². The fraction of sp³-hybridized carbons (Fsp3) is 0.417. The van der Waals surface area contributed by atoms with Gasteiger partial charge in [-0.2, -0.15) is 0 Å². The first kappa shape index (κ1) is 11.4. The molecule has 1 aliphatic rings. The van der Waals surface area contributed by atoms with Gasteiger partial charge < -0.3 is 11.1 Å². The number of aliphatic imine (C=N–C) groups is 1. The van der Waals surface area contributed by atoms with Gasteiger partial charge in [-0.15, -0.1) is 0 Å². The van der Waals surface area contributed by atoms with Gasteiger partial charge in [0.25, 0.3) is 0 Å². The van der Waals surface area contributed by atoms with Crippen molar-refractivity contribution in [2.45, 2.75) is 19.4 Å². The molecule has 0 saturated carbocycles. The van der Waals surface area contributed by atoms with Crippen LogP contribution in [0.3, 0.4) is 0 Å². The molecule has 1 aromatic rings. The van der Waals surface area contributed by atoms with Crippen LogP contribution in [0, 0.1) is 6.92 Å². The summed E-state index contributed by atoms with van der Waals surface area (Å²) in [6, 6.07) is 5.80. The molecule has 4 heteroatoms. The summed E-state index contributed by atoms with van der Waals surface area (Å²) in [5.41, 5.74) is 7.81. The molecule has 0 aliphatic carbocycles. The van der Waals surface area contributed by atoms with Gasteiger partial charge >= 0.3 is 0 Å². The molecule has 1 aromatic carbocycles. The molecule has 0 fully saturated rings. The Hall–Kier alpha value is -1.06. The highest BCUT2D eigenvalue weighted by Crippen LogP contribution is 2.27. The number of hydrogen-bond acceptors (Lipinski definition) is 3. The van der Waals surface area contributed by atoms with Gasteiger partial charge in [0, 0.05) is 11.6 Å². The summed E-state index contributed by atoms with van der Waals surface area (Å²) < 4.78 is 0. The lowest BCUT2D eigenvalue weighted by Gasteiger charge is -2.27. The first-order valence-corrected chi connectivity index (χ1v) is 5.74. The van der Waals surface area contributed by atoms with Crippen LogP contribution in [0.25, 0.3) is 0 Å². The van der Waals surface area contributed by atoms with E-state index in [0.29, 0.717) is 0 Å². The smallest absolute Gasteiger partial charge is 0.121 e. The van der Waals surface area contributed by atoms with Crippen LogP contribution in [-0.2, 0) is 5.54 Å². The predicted octanol–water partition coefficient (Wildman–Crippen LogP) is 1.82. The molecule has 0 aromatic heterocycles. The van der Waals surface area contributed by atoms with Gasteiger partial charge in [-0.3, -0.25) is 4.99 Å². The van der Waals surface area contributed by atoms with Crippen LogP contribution < -0.4 is 11.1 Å². The fourth-order valence-electron chi connectivity index (χ4n) is 2.04. The number of nitrogens with two attached hydrogens (primary N) is 1. The van der Waals surface area contributed by atoms with E-state index in [0.717, 1.165) is 35.1 Å². The second-order valence-corrected chi connectivity index (χ2v) is 4.68. The van der Waals surface area contributed by atoms with E-state index in [-0.39, 0.29) is 0 Å². The molecule has 0 bridgehead atoms. The first-order chi connectivity index (χ1) is 7.53. The molecule has 86 valence electrons. The van der Waals surface area contributed by atoms with E-state index < -0.39 is 5.54 Å². The molecule has 1 heterocycles. The van der Waals surface area contributed by atoms with Crippen LogP contribution >= 0.6 is 11.6 Å². The van der Waals surface area contributed by atoms with Gasteiger partial charge in [0.15, 0.2) is 0 Å². The zero-order chi connectivity index (χ0) is 11.8. The van der Waals surface area contributed by atoms with Crippen molar-refractivity contribution in [3.63, 3.8) is 0 Å². The predicted molar refractivity (Wildman–Crippen MR) is 68.0 cm³/mol. The lowest BCUT2D eigenvalue weighted by Crippen LogP contribution is -2.47. The third-order valence-electron chi connectivity index (χ3n) is 2.99. The maximum Gasteiger partial charge on any atom is 0.121 e. The quantitative estimate of drug-likeness (QED) is 0.825. The minimum Gasteiger partial charge on any atom is -0.370 e. The van der Waals surface area contributed by atoms with Crippen molar-refractivity contribution in [2.24, 2.45) is 10.7 Å². The zero-order valence-corrected chi connectivity index (χ0v) is 10.3. The number of amidine groups is 1. The van der Waals surface area contributed by atoms with E-state index in [4.69, 9.17) is 17.3 Å². The van der Waals surface area contributed by atoms with Crippen LogP contribution in [0.5, 0.6) is 0 Å². The molecule has 0 amide bonds. The van der Waals surface area contributed by atoms with Crippen molar-refractivity contribution in [3.05, 3.63) is 34.3 Å². The molecule has 3 nitrogen and oxygen atoms in total. The molecule has 1 atom stereocenters. The van der Waals surface area contributed by atoms with Crippen molar-refractivity contribution in [1.82, 2.24) is 5.32 Å². The summed E-state index contributed by atoms with van der Waals surface area (Å²) >= 11 is 6.11.